The van der Waals surface area contributed by atoms with E-state index >= 15 is 0 Å². The van der Waals surface area contributed by atoms with E-state index in [4.69, 9.17) is 44.3 Å². The number of hydrogen-bond donors (Lipinski definition) is 1. The van der Waals surface area contributed by atoms with Crippen LogP contribution in [-0.2, 0) is 9.47 Å². The quantitative estimate of drug-likeness (QED) is 0.223. The maximum atomic E-state index is 13.2. The van der Waals surface area contributed by atoms with Crippen LogP contribution < -0.4 is 5.32 Å². The minimum absolute atomic E-state index is 0.275. The highest BCUT2D eigenvalue weighted by molar-refractivity contribution is 6.35. The highest BCUT2D eigenvalue weighted by Gasteiger charge is 2.50. The zero-order valence-electron chi connectivity index (χ0n) is 23.3. The van der Waals surface area contributed by atoms with Gasteiger partial charge in [-0.15, -0.1) is 0 Å². The van der Waals surface area contributed by atoms with E-state index < -0.39 is 0 Å². The summed E-state index contributed by atoms with van der Waals surface area (Å²) >= 11 is 18.8. The molecular weight excluding hydrogens is 581 g/mol. The molecule has 9 heteroatoms. The molecule has 2 aromatic carbocycles. The first kappa shape index (κ1) is 29.0. The predicted octanol–water partition coefficient (Wildman–Crippen LogP) is 7.79. The van der Waals surface area contributed by atoms with Crippen LogP contribution in [0.15, 0.2) is 42.5 Å². The molecule has 218 valence electrons. The fourth-order valence-electron chi connectivity index (χ4n) is 7.78. The Labute approximate surface area is 256 Å². The van der Waals surface area contributed by atoms with Gasteiger partial charge < -0.3 is 14.8 Å². The van der Waals surface area contributed by atoms with Crippen LogP contribution in [0.1, 0.15) is 54.6 Å². The van der Waals surface area contributed by atoms with Gasteiger partial charge in [-0.2, -0.15) is 5.10 Å². The Morgan fingerprint density at radius 2 is 1.56 bits per heavy atom. The minimum atomic E-state index is -0.275. The summed E-state index contributed by atoms with van der Waals surface area (Å²) in [7, 11) is 0. The highest BCUT2D eigenvalue weighted by Crippen LogP contribution is 2.60. The van der Waals surface area contributed by atoms with Gasteiger partial charge in [-0.05, 0) is 98.9 Å². The van der Waals surface area contributed by atoms with Crippen LogP contribution in [0, 0.1) is 30.1 Å². The number of nitrogens with zero attached hydrogens (tertiary/aromatic N) is 2. The number of benzene rings is 2. The van der Waals surface area contributed by atoms with Crippen LogP contribution in [0.5, 0.6) is 0 Å². The van der Waals surface area contributed by atoms with Gasteiger partial charge in [-0.25, -0.2) is 4.68 Å². The maximum absolute atomic E-state index is 13.2. The van der Waals surface area contributed by atoms with Crippen LogP contribution in [-0.4, -0.2) is 48.7 Å². The predicted molar refractivity (Wildman–Crippen MR) is 163 cm³/mol. The molecule has 0 saturated heterocycles. The van der Waals surface area contributed by atoms with E-state index in [1.165, 1.54) is 38.5 Å². The second-order valence-electron chi connectivity index (χ2n) is 12.2. The molecule has 4 fully saturated rings. The van der Waals surface area contributed by atoms with Gasteiger partial charge in [-0.3, -0.25) is 4.79 Å². The highest BCUT2D eigenvalue weighted by atomic mass is 35.5. The molecule has 1 heterocycles. The molecule has 4 aliphatic rings. The SMILES string of the molecule is Cc1c(C(=O)NCCOCCOCC23CC4CC(CC(C4)C2)C3)nn(-c2ccc(Cl)cc2Cl)c1-c1ccc(Cl)cc1. The first-order valence-electron chi connectivity index (χ1n) is 14.5. The van der Waals surface area contributed by atoms with Gasteiger partial charge in [0.2, 0.25) is 0 Å². The smallest absolute Gasteiger partial charge is 0.272 e. The molecule has 0 unspecified atom stereocenters. The summed E-state index contributed by atoms with van der Waals surface area (Å²) in [4.78, 5) is 13.2. The Kier molecular flexibility index (Phi) is 8.67. The molecule has 1 N–H and O–H groups in total. The van der Waals surface area contributed by atoms with Gasteiger partial charge >= 0.3 is 0 Å². The van der Waals surface area contributed by atoms with E-state index in [2.05, 4.69) is 10.4 Å². The van der Waals surface area contributed by atoms with Gasteiger partial charge in [0.15, 0.2) is 5.69 Å². The van der Waals surface area contributed by atoms with Gasteiger partial charge in [0.1, 0.15) is 0 Å². The van der Waals surface area contributed by atoms with E-state index in [9.17, 15) is 4.79 Å². The Morgan fingerprint density at radius 3 is 2.22 bits per heavy atom. The van der Waals surface area contributed by atoms with E-state index in [-0.39, 0.29) is 5.91 Å². The van der Waals surface area contributed by atoms with Crippen LogP contribution >= 0.6 is 34.8 Å². The maximum Gasteiger partial charge on any atom is 0.272 e. The number of carbonyl (C=O) groups is 1. The summed E-state index contributed by atoms with van der Waals surface area (Å²) in [5, 5.41) is 9.18. The van der Waals surface area contributed by atoms with Gasteiger partial charge in [-0.1, -0.05) is 46.9 Å². The van der Waals surface area contributed by atoms with Crippen molar-refractivity contribution in [1.29, 1.82) is 0 Å². The number of carbonyl (C=O) groups excluding carboxylic acids is 1. The Bertz CT molecular complexity index is 1370. The van der Waals surface area contributed by atoms with Gasteiger partial charge in [0, 0.05) is 27.7 Å². The molecule has 6 nitrogen and oxygen atoms in total. The Morgan fingerprint density at radius 1 is 0.927 bits per heavy atom. The van der Waals surface area contributed by atoms with E-state index in [1.54, 1.807) is 35.0 Å². The van der Waals surface area contributed by atoms with Gasteiger partial charge in [0.05, 0.1) is 42.8 Å². The van der Waals surface area contributed by atoms with Crippen molar-refractivity contribution in [3.63, 3.8) is 0 Å². The molecule has 4 saturated carbocycles. The van der Waals surface area contributed by atoms with E-state index in [0.717, 1.165) is 41.2 Å². The molecule has 1 aromatic heterocycles. The summed E-state index contributed by atoms with van der Waals surface area (Å²) in [6, 6.07) is 12.6. The number of amides is 1. The van der Waals surface area contributed by atoms with Crippen LogP contribution in [0.2, 0.25) is 15.1 Å². The number of halogens is 3. The number of nitrogens with one attached hydrogen (secondary N) is 1. The van der Waals surface area contributed by atoms with E-state index in [0.29, 0.717) is 58.2 Å². The lowest BCUT2D eigenvalue weighted by molar-refractivity contribution is -0.101. The van der Waals surface area contributed by atoms with Crippen molar-refractivity contribution in [2.75, 3.05) is 33.0 Å². The van der Waals surface area contributed by atoms with Crippen molar-refractivity contribution in [2.45, 2.75) is 45.4 Å². The van der Waals surface area contributed by atoms with Crippen molar-refractivity contribution in [1.82, 2.24) is 15.1 Å². The molecule has 4 bridgehead atoms. The number of aromatic nitrogens is 2. The summed E-state index contributed by atoms with van der Waals surface area (Å²) in [6.07, 6.45) is 8.41. The van der Waals surface area contributed by atoms with Crippen molar-refractivity contribution < 1.29 is 14.3 Å². The monoisotopic (exact) mass is 615 g/mol. The standard InChI is InChI=1S/C32H36Cl3N3O3/c1-20-29(37-38(28-7-6-26(34)15-27(28)35)30(20)24-2-4-25(33)5-3-24)31(39)36-8-9-40-10-11-41-19-32-16-21-12-22(17-32)14-23(13-21)18-32/h2-7,15,21-23H,8-14,16-19H2,1H3,(H,36,39). The van der Waals surface area contributed by atoms with Crippen LogP contribution in [0.25, 0.3) is 16.9 Å². The van der Waals surface area contributed by atoms with Crippen LogP contribution in [0.3, 0.4) is 0 Å². The average molecular weight is 617 g/mol. The lowest BCUT2D eigenvalue weighted by atomic mass is 9.50. The normalized spacial score (nSPS) is 24.6. The number of hydrogen-bond acceptors (Lipinski definition) is 4. The summed E-state index contributed by atoms with van der Waals surface area (Å²) in [5.41, 5.74) is 3.71. The Balaban J connectivity index is 1.03. The van der Waals surface area contributed by atoms with Gasteiger partial charge in [0.25, 0.3) is 5.91 Å². The first-order chi connectivity index (χ1) is 19.8. The molecule has 0 radical (unpaired) electrons. The van der Waals surface area contributed by atoms with Crippen molar-refractivity contribution in [2.24, 2.45) is 23.2 Å². The van der Waals surface area contributed by atoms with Crippen LogP contribution in [0.4, 0.5) is 0 Å². The van der Waals surface area contributed by atoms with Crippen molar-refractivity contribution in [3.8, 4) is 16.9 Å². The zero-order chi connectivity index (χ0) is 28.6. The minimum Gasteiger partial charge on any atom is -0.378 e. The van der Waals surface area contributed by atoms with E-state index in [1.807, 2.05) is 19.1 Å². The number of rotatable bonds is 11. The molecular formula is C32H36Cl3N3O3. The Hall–Kier alpha value is -2.09. The second-order valence-corrected chi connectivity index (χ2v) is 13.5. The summed E-state index contributed by atoms with van der Waals surface area (Å²) < 4.78 is 13.6. The molecule has 0 atom stereocenters. The first-order valence-corrected chi connectivity index (χ1v) is 15.7. The molecule has 7 rings (SSSR count). The zero-order valence-corrected chi connectivity index (χ0v) is 25.6. The van der Waals surface area contributed by atoms with Crippen molar-refractivity contribution >= 4 is 40.7 Å². The largest absolute Gasteiger partial charge is 0.378 e. The summed E-state index contributed by atoms with van der Waals surface area (Å²) in [6.45, 7) is 4.63. The average Bonchev–Trinajstić information content (AvgIpc) is 3.26. The third kappa shape index (κ3) is 6.33. The molecule has 4 aliphatic carbocycles. The molecule has 3 aromatic rings. The lowest BCUT2D eigenvalue weighted by Crippen LogP contribution is -2.48. The molecule has 0 spiro atoms. The second kappa shape index (κ2) is 12.3. The topological polar surface area (TPSA) is 65.4 Å². The molecule has 0 aliphatic heterocycles. The number of ether oxygens (including phenoxy) is 2. The lowest BCUT2D eigenvalue weighted by Gasteiger charge is -2.56. The fraction of sp³-hybridized carbons (Fsp3) is 0.500. The molecule has 1 amide bonds. The third-order valence-corrected chi connectivity index (χ3v) is 9.86. The molecule has 41 heavy (non-hydrogen) atoms. The summed E-state index contributed by atoms with van der Waals surface area (Å²) in [5.74, 6) is 2.53. The fourth-order valence-corrected chi connectivity index (χ4v) is 8.40. The third-order valence-electron chi connectivity index (χ3n) is 9.07. The van der Waals surface area contributed by atoms with Crippen molar-refractivity contribution in [3.05, 3.63) is 68.8 Å².